The second-order valence-corrected chi connectivity index (χ2v) is 2.67. The van der Waals surface area contributed by atoms with Crippen LogP contribution >= 0.6 is 11.3 Å². The van der Waals surface area contributed by atoms with Crippen LogP contribution in [0.15, 0.2) is 5.51 Å². The Morgan fingerprint density at radius 3 is 2.90 bits per heavy atom. The molecule has 0 spiro atoms. The zero-order valence-electron chi connectivity index (χ0n) is 4.75. The predicted molar refractivity (Wildman–Crippen MR) is 33.9 cm³/mol. The summed E-state index contributed by atoms with van der Waals surface area (Å²) in [5.41, 5.74) is 1.75. The maximum Gasteiger partial charge on any atom is 0.278 e. The van der Waals surface area contributed by atoms with Gasteiger partial charge in [0.15, 0.2) is 5.69 Å². The number of fused-ring (bicyclic) bond motifs is 1. The van der Waals surface area contributed by atoms with Crippen molar-refractivity contribution in [2.24, 2.45) is 0 Å². The average Bonchev–Trinajstić information content (AvgIpc) is 2.39. The fourth-order valence-corrected chi connectivity index (χ4v) is 1.47. The summed E-state index contributed by atoms with van der Waals surface area (Å²) >= 11 is 1.18. The van der Waals surface area contributed by atoms with Gasteiger partial charge in [-0.1, -0.05) is 0 Å². The van der Waals surface area contributed by atoms with Gasteiger partial charge in [0.25, 0.3) is 11.8 Å². The first-order chi connectivity index (χ1) is 4.79. The van der Waals surface area contributed by atoms with Gasteiger partial charge in [0.1, 0.15) is 4.88 Å². The van der Waals surface area contributed by atoms with Gasteiger partial charge in [-0.3, -0.25) is 14.9 Å². The Balaban J connectivity index is 2.69. The average molecular weight is 154 g/mol. The van der Waals surface area contributed by atoms with Crippen LogP contribution in [0, 0.1) is 0 Å². The molecule has 0 saturated heterocycles. The number of carbonyl (C=O) groups excluding carboxylic acids is 2. The number of amides is 2. The lowest BCUT2D eigenvalue weighted by Crippen LogP contribution is -2.20. The quantitative estimate of drug-likeness (QED) is 0.536. The summed E-state index contributed by atoms with van der Waals surface area (Å²) in [6.07, 6.45) is 0. The molecule has 50 valence electrons. The minimum absolute atomic E-state index is 0.259. The lowest BCUT2D eigenvalue weighted by atomic mass is 10.4. The highest BCUT2D eigenvalue weighted by atomic mass is 32.1. The number of aromatic nitrogens is 1. The number of imide groups is 1. The SMILES string of the molecule is O=C1NC(=O)c2scnc21. The Morgan fingerprint density at radius 1 is 1.40 bits per heavy atom. The van der Waals surface area contributed by atoms with E-state index in [0.29, 0.717) is 4.88 Å². The summed E-state index contributed by atoms with van der Waals surface area (Å²) in [6.45, 7) is 0. The summed E-state index contributed by atoms with van der Waals surface area (Å²) in [4.78, 5) is 25.7. The Bertz CT molecular complexity index is 289. The third-order valence-corrected chi connectivity index (χ3v) is 2.04. The van der Waals surface area contributed by atoms with Crippen LogP contribution in [0.2, 0.25) is 0 Å². The molecule has 0 radical (unpaired) electrons. The van der Waals surface area contributed by atoms with Gasteiger partial charge in [-0.2, -0.15) is 0 Å². The Kier molecular flexibility index (Phi) is 0.906. The van der Waals surface area contributed by atoms with Crippen LogP contribution in [0.25, 0.3) is 0 Å². The fraction of sp³-hybridized carbons (Fsp3) is 0. The first-order valence-corrected chi connectivity index (χ1v) is 3.46. The molecule has 0 saturated carbocycles. The van der Waals surface area contributed by atoms with Gasteiger partial charge in [0, 0.05) is 0 Å². The van der Waals surface area contributed by atoms with E-state index < -0.39 is 0 Å². The highest BCUT2D eigenvalue weighted by molar-refractivity contribution is 7.12. The van der Waals surface area contributed by atoms with Gasteiger partial charge >= 0.3 is 0 Å². The Labute approximate surface area is 59.9 Å². The van der Waals surface area contributed by atoms with Crippen LogP contribution in [0.4, 0.5) is 0 Å². The summed E-state index contributed by atoms with van der Waals surface area (Å²) in [6, 6.07) is 0. The van der Waals surface area contributed by atoms with E-state index in [1.54, 1.807) is 0 Å². The molecule has 0 aromatic carbocycles. The number of rotatable bonds is 0. The lowest BCUT2D eigenvalue weighted by Gasteiger charge is -1.83. The maximum absolute atomic E-state index is 10.8. The third kappa shape index (κ3) is 0.522. The van der Waals surface area contributed by atoms with Crippen LogP contribution in [0.5, 0.6) is 0 Å². The van der Waals surface area contributed by atoms with E-state index >= 15 is 0 Å². The van der Waals surface area contributed by atoms with Crippen LogP contribution in [-0.4, -0.2) is 16.8 Å². The minimum Gasteiger partial charge on any atom is -0.286 e. The molecule has 4 nitrogen and oxygen atoms in total. The molecule has 0 fully saturated rings. The molecule has 1 aliphatic heterocycles. The molecule has 10 heavy (non-hydrogen) atoms. The number of nitrogens with zero attached hydrogens (tertiary/aromatic N) is 1. The molecule has 1 aliphatic rings. The highest BCUT2D eigenvalue weighted by Crippen LogP contribution is 2.17. The van der Waals surface area contributed by atoms with Gasteiger partial charge in [-0.05, 0) is 0 Å². The number of carbonyl (C=O) groups is 2. The van der Waals surface area contributed by atoms with Crippen molar-refractivity contribution < 1.29 is 9.59 Å². The van der Waals surface area contributed by atoms with E-state index in [9.17, 15) is 9.59 Å². The molecule has 1 aromatic heterocycles. The number of nitrogens with one attached hydrogen (secondary N) is 1. The molecule has 1 aromatic rings. The number of hydrogen-bond acceptors (Lipinski definition) is 4. The summed E-state index contributed by atoms with van der Waals surface area (Å²) in [7, 11) is 0. The lowest BCUT2D eigenvalue weighted by molar-refractivity contribution is 0.0879. The van der Waals surface area contributed by atoms with Crippen LogP contribution < -0.4 is 5.32 Å². The van der Waals surface area contributed by atoms with Crippen molar-refractivity contribution in [3.63, 3.8) is 0 Å². The zero-order valence-corrected chi connectivity index (χ0v) is 5.57. The van der Waals surface area contributed by atoms with Crippen molar-refractivity contribution in [3.8, 4) is 0 Å². The van der Waals surface area contributed by atoms with Crippen LogP contribution in [0.1, 0.15) is 20.2 Å². The van der Waals surface area contributed by atoms with E-state index in [4.69, 9.17) is 0 Å². The Morgan fingerprint density at radius 2 is 2.20 bits per heavy atom. The van der Waals surface area contributed by atoms with E-state index in [1.165, 1.54) is 16.8 Å². The van der Waals surface area contributed by atoms with Gasteiger partial charge in [0.2, 0.25) is 0 Å². The minimum atomic E-state index is -0.388. The first kappa shape index (κ1) is 5.55. The molecular weight excluding hydrogens is 152 g/mol. The van der Waals surface area contributed by atoms with E-state index in [-0.39, 0.29) is 17.5 Å². The molecule has 2 heterocycles. The third-order valence-electron chi connectivity index (χ3n) is 1.22. The number of hydrogen-bond donors (Lipinski definition) is 1. The molecule has 2 rings (SSSR count). The normalized spacial score (nSPS) is 15.2. The van der Waals surface area contributed by atoms with Crippen LogP contribution in [0.3, 0.4) is 0 Å². The second kappa shape index (κ2) is 1.63. The monoisotopic (exact) mass is 154 g/mol. The van der Waals surface area contributed by atoms with Crippen LogP contribution in [-0.2, 0) is 0 Å². The smallest absolute Gasteiger partial charge is 0.278 e. The topological polar surface area (TPSA) is 59.1 Å². The molecule has 0 bridgehead atoms. The largest absolute Gasteiger partial charge is 0.286 e. The van der Waals surface area contributed by atoms with Gasteiger partial charge in [0.05, 0.1) is 5.51 Å². The van der Waals surface area contributed by atoms with Gasteiger partial charge < -0.3 is 0 Å². The molecule has 5 heteroatoms. The maximum atomic E-state index is 10.8. The molecule has 1 N–H and O–H groups in total. The van der Waals surface area contributed by atoms with Crippen molar-refractivity contribution in [3.05, 3.63) is 16.1 Å². The van der Waals surface area contributed by atoms with E-state index in [0.717, 1.165) is 0 Å². The molecule has 0 unspecified atom stereocenters. The van der Waals surface area contributed by atoms with Gasteiger partial charge in [-0.25, -0.2) is 4.98 Å². The first-order valence-electron chi connectivity index (χ1n) is 2.58. The van der Waals surface area contributed by atoms with Crippen molar-refractivity contribution in [2.75, 3.05) is 0 Å². The van der Waals surface area contributed by atoms with Gasteiger partial charge in [-0.15, -0.1) is 11.3 Å². The summed E-state index contributed by atoms with van der Waals surface area (Å²) < 4.78 is 0. The molecular formula is C5H2N2O2S. The Hall–Kier alpha value is -1.23. The van der Waals surface area contributed by atoms with Crippen molar-refractivity contribution in [1.82, 2.24) is 10.3 Å². The zero-order chi connectivity index (χ0) is 7.14. The van der Waals surface area contributed by atoms with E-state index in [1.807, 2.05) is 0 Å². The van der Waals surface area contributed by atoms with Crippen molar-refractivity contribution >= 4 is 23.2 Å². The molecule has 2 amide bonds. The molecule has 0 aliphatic carbocycles. The molecule has 0 atom stereocenters. The van der Waals surface area contributed by atoms with Crippen molar-refractivity contribution in [2.45, 2.75) is 0 Å². The fourth-order valence-electron chi connectivity index (χ4n) is 0.788. The number of thiazole rings is 1. The second-order valence-electron chi connectivity index (χ2n) is 1.81. The summed E-state index contributed by atoms with van der Waals surface area (Å²) in [5.74, 6) is -0.719. The van der Waals surface area contributed by atoms with E-state index in [2.05, 4.69) is 10.3 Å². The predicted octanol–water partition coefficient (Wildman–Crippen LogP) is 0.0267. The standard InChI is InChI=1S/C5H2N2O2S/c8-4-2-3(5(9)7-4)10-1-6-2/h1H,(H,7,8,9). The summed E-state index contributed by atoms with van der Waals surface area (Å²) in [5, 5.41) is 2.13. The van der Waals surface area contributed by atoms with Crippen molar-refractivity contribution in [1.29, 1.82) is 0 Å². The highest BCUT2D eigenvalue weighted by Gasteiger charge is 2.29.